The fourth-order valence-corrected chi connectivity index (χ4v) is 4.47. The number of ether oxygens (including phenoxy) is 1. The van der Waals surface area contributed by atoms with Gasteiger partial charge in [-0.05, 0) is 42.9 Å². The summed E-state index contributed by atoms with van der Waals surface area (Å²) in [6.45, 7) is 12.2. The Kier molecular flexibility index (Phi) is 3.97. The van der Waals surface area contributed by atoms with Crippen LogP contribution in [-0.2, 0) is 9.53 Å². The summed E-state index contributed by atoms with van der Waals surface area (Å²) < 4.78 is 5.08. The Bertz CT molecular complexity index is 348. The molecule has 2 bridgehead atoms. The summed E-state index contributed by atoms with van der Waals surface area (Å²) >= 11 is 0. The Morgan fingerprint density at radius 2 is 2.11 bits per heavy atom. The Morgan fingerprint density at radius 1 is 1.42 bits per heavy atom. The van der Waals surface area contributed by atoms with E-state index >= 15 is 0 Å². The molecule has 4 atom stereocenters. The van der Waals surface area contributed by atoms with Crippen molar-refractivity contribution >= 4 is 5.97 Å². The first kappa shape index (κ1) is 14.8. The van der Waals surface area contributed by atoms with Gasteiger partial charge in [-0.3, -0.25) is 4.79 Å². The highest BCUT2D eigenvalue weighted by molar-refractivity contribution is 5.72. The molecule has 0 radical (unpaired) electrons. The van der Waals surface area contributed by atoms with Crippen molar-refractivity contribution in [1.29, 1.82) is 0 Å². The van der Waals surface area contributed by atoms with Crippen LogP contribution < -0.4 is 5.32 Å². The molecule has 19 heavy (non-hydrogen) atoms. The van der Waals surface area contributed by atoms with Crippen LogP contribution in [0.25, 0.3) is 0 Å². The van der Waals surface area contributed by atoms with Crippen molar-refractivity contribution in [3.8, 4) is 0 Å². The first-order valence-corrected chi connectivity index (χ1v) is 7.71. The van der Waals surface area contributed by atoms with Gasteiger partial charge >= 0.3 is 5.97 Å². The third-order valence-corrected chi connectivity index (χ3v) is 5.59. The molecular weight excluding hydrogens is 238 g/mol. The number of carbonyl (C=O) groups is 1. The first-order valence-electron chi connectivity index (χ1n) is 7.71. The minimum atomic E-state index is -0.0823. The van der Waals surface area contributed by atoms with Gasteiger partial charge in [-0.15, -0.1) is 0 Å². The van der Waals surface area contributed by atoms with E-state index in [1.165, 1.54) is 19.3 Å². The number of hydrogen-bond acceptors (Lipinski definition) is 3. The van der Waals surface area contributed by atoms with Gasteiger partial charge in [0.15, 0.2) is 0 Å². The molecule has 0 saturated heterocycles. The summed E-state index contributed by atoms with van der Waals surface area (Å²) in [4.78, 5) is 11.7. The molecule has 2 saturated carbocycles. The molecular formula is C16H29NO2. The lowest BCUT2D eigenvalue weighted by Crippen LogP contribution is -2.51. The zero-order chi connectivity index (χ0) is 14.3. The Hall–Kier alpha value is -0.570. The highest BCUT2D eigenvalue weighted by atomic mass is 16.5. The van der Waals surface area contributed by atoms with Crippen LogP contribution in [-0.4, -0.2) is 25.2 Å². The normalized spacial score (nSPS) is 37.3. The number of esters is 1. The maximum Gasteiger partial charge on any atom is 0.309 e. The van der Waals surface area contributed by atoms with Gasteiger partial charge in [0.25, 0.3) is 0 Å². The summed E-state index contributed by atoms with van der Waals surface area (Å²) in [5.41, 5.74) is 0.768. The molecule has 2 aliphatic rings. The number of carbonyl (C=O) groups excluding carboxylic acids is 1. The van der Waals surface area contributed by atoms with Crippen LogP contribution in [0, 0.1) is 22.7 Å². The average Bonchev–Trinajstić information content (AvgIpc) is 2.79. The Balaban J connectivity index is 1.94. The average molecular weight is 267 g/mol. The summed E-state index contributed by atoms with van der Waals surface area (Å²) in [5, 5.41) is 3.68. The molecule has 2 aliphatic carbocycles. The van der Waals surface area contributed by atoms with E-state index in [9.17, 15) is 4.79 Å². The SMILES string of the molecule is CCOC(=O)C(C)CNC1C2(C)CCC(C2)C1(C)C. The van der Waals surface area contributed by atoms with E-state index in [1.54, 1.807) is 0 Å². The molecule has 2 fully saturated rings. The second-order valence-corrected chi connectivity index (χ2v) is 7.41. The van der Waals surface area contributed by atoms with Gasteiger partial charge in [0.1, 0.15) is 0 Å². The van der Waals surface area contributed by atoms with Crippen molar-refractivity contribution in [2.75, 3.05) is 13.2 Å². The van der Waals surface area contributed by atoms with Crippen molar-refractivity contribution in [3.05, 3.63) is 0 Å². The molecule has 4 unspecified atom stereocenters. The van der Waals surface area contributed by atoms with Crippen LogP contribution in [0.1, 0.15) is 53.9 Å². The van der Waals surface area contributed by atoms with Gasteiger partial charge in [-0.25, -0.2) is 0 Å². The van der Waals surface area contributed by atoms with E-state index < -0.39 is 0 Å². The highest BCUT2D eigenvalue weighted by Gasteiger charge is 2.58. The highest BCUT2D eigenvalue weighted by Crippen LogP contribution is 2.62. The van der Waals surface area contributed by atoms with Gasteiger partial charge in [-0.1, -0.05) is 27.7 Å². The van der Waals surface area contributed by atoms with E-state index in [0.717, 1.165) is 12.5 Å². The van der Waals surface area contributed by atoms with Crippen molar-refractivity contribution < 1.29 is 9.53 Å². The molecule has 3 heteroatoms. The van der Waals surface area contributed by atoms with Crippen LogP contribution >= 0.6 is 0 Å². The standard InChI is InChI=1S/C16H29NO2/c1-6-19-13(18)11(2)10-17-14-15(3,4)12-7-8-16(14,5)9-12/h11-12,14,17H,6-10H2,1-5H3. The number of nitrogens with one attached hydrogen (secondary N) is 1. The Labute approximate surface area is 117 Å². The van der Waals surface area contributed by atoms with E-state index in [4.69, 9.17) is 4.74 Å². The molecule has 0 spiro atoms. The molecule has 0 heterocycles. The zero-order valence-electron chi connectivity index (χ0n) is 13.1. The van der Waals surface area contributed by atoms with Crippen molar-refractivity contribution in [3.63, 3.8) is 0 Å². The van der Waals surface area contributed by atoms with Gasteiger partial charge in [-0.2, -0.15) is 0 Å². The van der Waals surface area contributed by atoms with Crippen LogP contribution in [0.5, 0.6) is 0 Å². The van der Waals surface area contributed by atoms with Gasteiger partial charge in [0.2, 0.25) is 0 Å². The number of hydrogen-bond donors (Lipinski definition) is 1. The first-order chi connectivity index (χ1) is 8.81. The molecule has 0 aromatic carbocycles. The topological polar surface area (TPSA) is 38.3 Å². The van der Waals surface area contributed by atoms with Crippen LogP contribution in [0.3, 0.4) is 0 Å². The summed E-state index contributed by atoms with van der Waals surface area (Å²) in [6, 6.07) is 0.524. The second kappa shape index (κ2) is 5.08. The Morgan fingerprint density at radius 3 is 2.63 bits per heavy atom. The quantitative estimate of drug-likeness (QED) is 0.778. The van der Waals surface area contributed by atoms with Crippen molar-refractivity contribution in [2.45, 2.75) is 59.9 Å². The van der Waals surface area contributed by atoms with Crippen molar-refractivity contribution in [2.24, 2.45) is 22.7 Å². The van der Waals surface area contributed by atoms with E-state index in [-0.39, 0.29) is 11.9 Å². The fourth-order valence-electron chi connectivity index (χ4n) is 4.47. The van der Waals surface area contributed by atoms with E-state index in [2.05, 4.69) is 26.1 Å². The third-order valence-electron chi connectivity index (χ3n) is 5.59. The number of fused-ring (bicyclic) bond motifs is 2. The maximum absolute atomic E-state index is 11.7. The molecule has 0 aromatic heterocycles. The smallest absolute Gasteiger partial charge is 0.309 e. The van der Waals surface area contributed by atoms with E-state index in [0.29, 0.717) is 23.5 Å². The molecule has 110 valence electrons. The zero-order valence-corrected chi connectivity index (χ0v) is 13.1. The summed E-state index contributed by atoms with van der Waals surface area (Å²) in [6.07, 6.45) is 4.03. The lowest BCUT2D eigenvalue weighted by Gasteiger charge is -2.43. The number of rotatable bonds is 5. The molecule has 1 N–H and O–H groups in total. The molecule has 0 amide bonds. The fraction of sp³-hybridized carbons (Fsp3) is 0.938. The van der Waals surface area contributed by atoms with E-state index in [1.807, 2.05) is 13.8 Å². The van der Waals surface area contributed by atoms with Gasteiger partial charge in [0.05, 0.1) is 12.5 Å². The predicted octanol–water partition coefficient (Wildman–Crippen LogP) is 2.99. The van der Waals surface area contributed by atoms with Gasteiger partial charge < -0.3 is 10.1 Å². The molecule has 2 rings (SSSR count). The van der Waals surface area contributed by atoms with Gasteiger partial charge in [0, 0.05) is 12.6 Å². The predicted molar refractivity (Wildman–Crippen MR) is 76.8 cm³/mol. The van der Waals surface area contributed by atoms with Crippen LogP contribution in [0.4, 0.5) is 0 Å². The van der Waals surface area contributed by atoms with Crippen LogP contribution in [0.15, 0.2) is 0 Å². The molecule has 3 nitrogen and oxygen atoms in total. The van der Waals surface area contributed by atoms with Crippen LogP contribution in [0.2, 0.25) is 0 Å². The third kappa shape index (κ3) is 2.54. The largest absolute Gasteiger partial charge is 0.466 e. The minimum absolute atomic E-state index is 0.0570. The minimum Gasteiger partial charge on any atom is -0.466 e. The van der Waals surface area contributed by atoms with Crippen molar-refractivity contribution in [1.82, 2.24) is 5.32 Å². The monoisotopic (exact) mass is 267 g/mol. The molecule has 0 aliphatic heterocycles. The lowest BCUT2D eigenvalue weighted by molar-refractivity contribution is -0.147. The lowest BCUT2D eigenvalue weighted by atomic mass is 9.68. The second-order valence-electron chi connectivity index (χ2n) is 7.41. The summed E-state index contributed by atoms with van der Waals surface area (Å²) in [7, 11) is 0. The maximum atomic E-state index is 11.7. The molecule has 0 aromatic rings. The summed E-state index contributed by atoms with van der Waals surface area (Å²) in [5.74, 6) is 0.701.